The number of amides is 2. The highest BCUT2D eigenvalue weighted by atomic mass is 19.1. The van der Waals surface area contributed by atoms with Crippen LogP contribution in [0.4, 0.5) is 8.78 Å². The molecule has 144 valence electrons. The third kappa shape index (κ3) is 5.16. The van der Waals surface area contributed by atoms with E-state index in [0.717, 1.165) is 12.1 Å². The lowest BCUT2D eigenvalue weighted by Gasteiger charge is -2.18. The van der Waals surface area contributed by atoms with Crippen molar-refractivity contribution < 1.29 is 27.8 Å². The summed E-state index contributed by atoms with van der Waals surface area (Å²) in [6.45, 7) is -0.316. The van der Waals surface area contributed by atoms with E-state index in [2.05, 4.69) is 5.32 Å². The van der Waals surface area contributed by atoms with Crippen LogP contribution in [0.15, 0.2) is 36.4 Å². The van der Waals surface area contributed by atoms with Crippen molar-refractivity contribution in [3.63, 3.8) is 0 Å². The lowest BCUT2D eigenvalue weighted by molar-refractivity contribution is -0.129. The molecule has 8 heteroatoms. The van der Waals surface area contributed by atoms with E-state index >= 15 is 0 Å². The van der Waals surface area contributed by atoms with E-state index in [1.165, 1.54) is 38.3 Å². The SMILES string of the molecule is COc1ccc(C(=O)NCC(=O)N(C)Cc2ccc(F)cc2F)cc1OC. The first kappa shape index (κ1) is 20.2. The first-order valence-electron chi connectivity index (χ1n) is 8.03. The molecule has 0 unspecified atom stereocenters. The second-order valence-electron chi connectivity index (χ2n) is 5.74. The summed E-state index contributed by atoms with van der Waals surface area (Å²) >= 11 is 0. The Balaban J connectivity index is 1.95. The van der Waals surface area contributed by atoms with Crippen molar-refractivity contribution in [2.75, 3.05) is 27.8 Å². The Morgan fingerprint density at radius 3 is 2.37 bits per heavy atom. The number of hydrogen-bond acceptors (Lipinski definition) is 4. The Bertz CT molecular complexity index is 842. The highest BCUT2D eigenvalue weighted by Gasteiger charge is 2.15. The molecule has 2 rings (SSSR count). The van der Waals surface area contributed by atoms with E-state index in [1.54, 1.807) is 12.1 Å². The molecule has 2 amide bonds. The number of hydrogen-bond donors (Lipinski definition) is 1. The van der Waals surface area contributed by atoms with E-state index < -0.39 is 23.4 Å². The minimum atomic E-state index is -0.732. The summed E-state index contributed by atoms with van der Waals surface area (Å²) in [4.78, 5) is 25.6. The van der Waals surface area contributed by atoms with Crippen LogP contribution in [0, 0.1) is 11.6 Å². The van der Waals surface area contributed by atoms with Gasteiger partial charge in [0.15, 0.2) is 11.5 Å². The maximum atomic E-state index is 13.7. The Morgan fingerprint density at radius 1 is 1.04 bits per heavy atom. The molecule has 0 spiro atoms. The normalized spacial score (nSPS) is 10.3. The summed E-state index contributed by atoms with van der Waals surface area (Å²) in [6.07, 6.45) is 0. The zero-order chi connectivity index (χ0) is 20.0. The molecule has 0 radical (unpaired) electrons. The Morgan fingerprint density at radius 2 is 1.74 bits per heavy atom. The lowest BCUT2D eigenvalue weighted by atomic mass is 10.2. The molecule has 0 aliphatic heterocycles. The molecule has 2 aromatic carbocycles. The van der Waals surface area contributed by atoms with Gasteiger partial charge in [0.2, 0.25) is 5.91 Å². The molecule has 1 N–H and O–H groups in total. The van der Waals surface area contributed by atoms with Gasteiger partial charge in [0.05, 0.1) is 20.8 Å². The Labute approximate surface area is 155 Å². The van der Waals surface area contributed by atoms with Crippen molar-refractivity contribution in [3.8, 4) is 11.5 Å². The number of rotatable bonds is 7. The van der Waals surface area contributed by atoms with Crippen molar-refractivity contribution in [2.24, 2.45) is 0 Å². The predicted molar refractivity (Wildman–Crippen MR) is 94.7 cm³/mol. The summed E-state index contributed by atoms with van der Waals surface area (Å²) in [5.74, 6) is -1.44. The first-order chi connectivity index (χ1) is 12.8. The first-order valence-corrected chi connectivity index (χ1v) is 8.03. The maximum absolute atomic E-state index is 13.7. The molecule has 6 nitrogen and oxygen atoms in total. The number of benzene rings is 2. The second kappa shape index (κ2) is 8.98. The molecule has 0 aromatic heterocycles. The number of nitrogens with one attached hydrogen (secondary N) is 1. The molecule has 27 heavy (non-hydrogen) atoms. The average molecular weight is 378 g/mol. The molecule has 0 heterocycles. The molecule has 0 aliphatic rings. The molecule has 0 atom stereocenters. The number of methoxy groups -OCH3 is 2. The van der Waals surface area contributed by atoms with Gasteiger partial charge >= 0.3 is 0 Å². The van der Waals surface area contributed by atoms with Gasteiger partial charge in [0, 0.05) is 30.8 Å². The van der Waals surface area contributed by atoms with Crippen molar-refractivity contribution in [1.82, 2.24) is 10.2 Å². The summed E-state index contributed by atoms with van der Waals surface area (Å²) in [6, 6.07) is 7.77. The third-order valence-electron chi connectivity index (χ3n) is 3.89. The fraction of sp³-hybridized carbons (Fsp3) is 0.263. The zero-order valence-electron chi connectivity index (χ0n) is 15.2. The number of ether oxygens (including phenoxy) is 2. The highest BCUT2D eigenvalue weighted by molar-refractivity contribution is 5.97. The van der Waals surface area contributed by atoms with Gasteiger partial charge < -0.3 is 19.7 Å². The van der Waals surface area contributed by atoms with Gasteiger partial charge in [-0.3, -0.25) is 9.59 Å². The fourth-order valence-electron chi connectivity index (χ4n) is 2.36. The smallest absolute Gasteiger partial charge is 0.251 e. The quantitative estimate of drug-likeness (QED) is 0.803. The summed E-state index contributed by atoms with van der Waals surface area (Å²) in [5.41, 5.74) is 0.478. The van der Waals surface area contributed by atoms with Gasteiger partial charge in [-0.2, -0.15) is 0 Å². The number of halogens is 2. The van der Waals surface area contributed by atoms with Crippen molar-refractivity contribution in [1.29, 1.82) is 0 Å². The average Bonchev–Trinajstić information content (AvgIpc) is 2.67. The van der Waals surface area contributed by atoms with Gasteiger partial charge in [-0.1, -0.05) is 6.07 Å². The summed E-state index contributed by atoms with van der Waals surface area (Å²) in [7, 11) is 4.40. The molecule has 0 fully saturated rings. The van der Waals surface area contributed by atoms with Gasteiger partial charge in [-0.15, -0.1) is 0 Å². The van der Waals surface area contributed by atoms with E-state index in [1.807, 2.05) is 0 Å². The molecular formula is C19H20F2N2O4. The van der Waals surface area contributed by atoms with Crippen LogP contribution >= 0.6 is 0 Å². The Kier molecular flexibility index (Phi) is 6.70. The monoisotopic (exact) mass is 378 g/mol. The van der Waals surface area contributed by atoms with Crippen LogP contribution in [-0.4, -0.2) is 44.5 Å². The predicted octanol–water partition coefficient (Wildman–Crippen LogP) is 2.37. The van der Waals surface area contributed by atoms with Crippen LogP contribution < -0.4 is 14.8 Å². The molecule has 2 aromatic rings. The van der Waals surface area contributed by atoms with Crippen molar-refractivity contribution >= 4 is 11.8 Å². The Hall–Kier alpha value is -3.16. The second-order valence-corrected chi connectivity index (χ2v) is 5.74. The van der Waals surface area contributed by atoms with E-state index in [-0.39, 0.29) is 18.7 Å². The number of carbonyl (C=O) groups excluding carboxylic acids is 2. The van der Waals surface area contributed by atoms with Gasteiger partial charge in [0.25, 0.3) is 5.91 Å². The van der Waals surface area contributed by atoms with E-state index in [9.17, 15) is 18.4 Å². The van der Waals surface area contributed by atoms with Crippen LogP contribution in [-0.2, 0) is 11.3 Å². The van der Waals surface area contributed by atoms with E-state index in [0.29, 0.717) is 17.1 Å². The molecule has 0 saturated heterocycles. The van der Waals surface area contributed by atoms with Crippen LogP contribution in [0.1, 0.15) is 15.9 Å². The van der Waals surface area contributed by atoms with Gasteiger partial charge in [-0.05, 0) is 24.3 Å². The number of nitrogens with zero attached hydrogens (tertiary/aromatic N) is 1. The van der Waals surface area contributed by atoms with Crippen molar-refractivity contribution in [2.45, 2.75) is 6.54 Å². The fourth-order valence-corrected chi connectivity index (χ4v) is 2.36. The van der Waals surface area contributed by atoms with Crippen LogP contribution in [0.3, 0.4) is 0 Å². The largest absolute Gasteiger partial charge is 0.493 e. The van der Waals surface area contributed by atoms with Crippen molar-refractivity contribution in [3.05, 3.63) is 59.2 Å². The van der Waals surface area contributed by atoms with Gasteiger partial charge in [-0.25, -0.2) is 8.78 Å². The topological polar surface area (TPSA) is 67.9 Å². The number of likely N-dealkylation sites (N-methyl/N-ethyl adjacent to an activating group) is 1. The lowest BCUT2D eigenvalue weighted by Crippen LogP contribution is -2.38. The van der Waals surface area contributed by atoms with Gasteiger partial charge in [0.1, 0.15) is 11.6 Å². The molecule has 0 aliphatic carbocycles. The summed E-state index contributed by atoms with van der Waals surface area (Å²) < 4.78 is 36.8. The van der Waals surface area contributed by atoms with Crippen LogP contribution in [0.25, 0.3) is 0 Å². The van der Waals surface area contributed by atoms with Crippen LogP contribution in [0.5, 0.6) is 11.5 Å². The van der Waals surface area contributed by atoms with Crippen LogP contribution in [0.2, 0.25) is 0 Å². The minimum Gasteiger partial charge on any atom is -0.493 e. The van der Waals surface area contributed by atoms with E-state index in [4.69, 9.17) is 9.47 Å². The number of carbonyl (C=O) groups is 2. The molecule has 0 bridgehead atoms. The minimum absolute atomic E-state index is 0.0445. The molecule has 0 saturated carbocycles. The summed E-state index contributed by atoms with van der Waals surface area (Å²) in [5, 5.41) is 2.50. The zero-order valence-corrected chi connectivity index (χ0v) is 15.2. The highest BCUT2D eigenvalue weighted by Crippen LogP contribution is 2.27. The standard InChI is InChI=1S/C19H20F2N2O4/c1-23(11-13-4-6-14(20)9-15(13)21)18(24)10-22-19(25)12-5-7-16(26-2)17(8-12)27-3/h4-9H,10-11H2,1-3H3,(H,22,25). The molecular weight excluding hydrogens is 358 g/mol. The third-order valence-corrected chi connectivity index (χ3v) is 3.89. The maximum Gasteiger partial charge on any atom is 0.251 e.